The third-order valence-corrected chi connectivity index (χ3v) is 5.80. The van der Waals surface area contributed by atoms with Crippen molar-refractivity contribution in [3.63, 3.8) is 0 Å². The molecule has 1 spiro atoms. The van der Waals surface area contributed by atoms with Gasteiger partial charge in [0.25, 0.3) is 0 Å². The summed E-state index contributed by atoms with van der Waals surface area (Å²) < 4.78 is 0. The van der Waals surface area contributed by atoms with E-state index in [0.29, 0.717) is 17.6 Å². The van der Waals surface area contributed by atoms with Gasteiger partial charge in [-0.15, -0.1) is 0 Å². The lowest BCUT2D eigenvalue weighted by Gasteiger charge is -2.49. The normalized spacial score (nSPS) is 26.9. The van der Waals surface area contributed by atoms with Crippen LogP contribution in [0.5, 0.6) is 0 Å². The number of nitrogens with one attached hydrogen (secondary N) is 1. The highest BCUT2D eigenvalue weighted by Gasteiger charge is 2.38. The van der Waals surface area contributed by atoms with Gasteiger partial charge in [0.1, 0.15) is 0 Å². The van der Waals surface area contributed by atoms with Gasteiger partial charge in [-0.3, -0.25) is 4.90 Å². The molecule has 0 aromatic heterocycles. The van der Waals surface area contributed by atoms with Crippen LogP contribution in [0.2, 0.25) is 0 Å². The van der Waals surface area contributed by atoms with Crippen LogP contribution in [0.3, 0.4) is 0 Å². The molecule has 2 fully saturated rings. The van der Waals surface area contributed by atoms with Crippen LogP contribution in [0.1, 0.15) is 65.7 Å². The molecule has 1 saturated heterocycles. The Balaban J connectivity index is 1.73. The molecule has 1 aliphatic heterocycles. The van der Waals surface area contributed by atoms with E-state index in [2.05, 4.69) is 42.9 Å². The quantitative estimate of drug-likeness (QED) is 0.760. The Labute approximate surface area is 132 Å². The Morgan fingerprint density at radius 2 is 1.90 bits per heavy atom. The van der Waals surface area contributed by atoms with Gasteiger partial charge in [-0.2, -0.15) is 0 Å². The predicted molar refractivity (Wildman–Crippen MR) is 91.9 cm³/mol. The molecule has 3 heteroatoms. The minimum Gasteiger partial charge on any atom is -0.308 e. The van der Waals surface area contributed by atoms with Crippen LogP contribution in [0.25, 0.3) is 0 Å². The summed E-state index contributed by atoms with van der Waals surface area (Å²) in [5.74, 6) is 0. The second-order valence-corrected chi connectivity index (χ2v) is 7.82. The first-order chi connectivity index (χ1) is 10.0. The standard InChI is InChI=1S/C18H37N3/c1-16(2)20(4)12-8-9-13-21-15-18(19-14-17(21)3)10-6-5-7-11-18/h16-17,19H,5-15H2,1-4H3. The summed E-state index contributed by atoms with van der Waals surface area (Å²) in [5, 5.41) is 3.89. The van der Waals surface area contributed by atoms with E-state index in [9.17, 15) is 0 Å². The van der Waals surface area contributed by atoms with Gasteiger partial charge in [-0.1, -0.05) is 19.3 Å². The predicted octanol–water partition coefficient (Wildman–Crippen LogP) is 3.10. The van der Waals surface area contributed by atoms with E-state index < -0.39 is 0 Å². The molecule has 1 aliphatic carbocycles. The van der Waals surface area contributed by atoms with E-state index in [1.807, 2.05) is 0 Å². The van der Waals surface area contributed by atoms with Gasteiger partial charge in [0.15, 0.2) is 0 Å². The lowest BCUT2D eigenvalue weighted by Crippen LogP contribution is -2.64. The summed E-state index contributed by atoms with van der Waals surface area (Å²) in [5.41, 5.74) is 0.458. The SMILES string of the molecule is CC(C)N(C)CCCCN1CC2(CCCCC2)NCC1C. The van der Waals surface area contributed by atoms with E-state index in [1.54, 1.807) is 0 Å². The highest BCUT2D eigenvalue weighted by molar-refractivity contribution is 4.98. The zero-order valence-electron chi connectivity index (χ0n) is 14.8. The molecular formula is C18H37N3. The molecule has 0 aromatic rings. The number of hydrogen-bond donors (Lipinski definition) is 1. The number of nitrogens with zero attached hydrogens (tertiary/aromatic N) is 2. The number of rotatable bonds is 6. The largest absolute Gasteiger partial charge is 0.308 e. The van der Waals surface area contributed by atoms with E-state index in [0.717, 1.165) is 0 Å². The zero-order valence-corrected chi connectivity index (χ0v) is 14.8. The Morgan fingerprint density at radius 3 is 2.57 bits per heavy atom. The second kappa shape index (κ2) is 7.94. The lowest BCUT2D eigenvalue weighted by molar-refractivity contribution is 0.0610. The summed E-state index contributed by atoms with van der Waals surface area (Å²) in [6, 6.07) is 1.38. The van der Waals surface area contributed by atoms with E-state index in [-0.39, 0.29) is 0 Å². The first kappa shape index (κ1) is 17.2. The summed E-state index contributed by atoms with van der Waals surface area (Å²) in [7, 11) is 2.25. The molecule has 2 aliphatic rings. The topological polar surface area (TPSA) is 18.5 Å². The van der Waals surface area contributed by atoms with Gasteiger partial charge in [0.2, 0.25) is 0 Å². The van der Waals surface area contributed by atoms with E-state index in [4.69, 9.17) is 0 Å². The molecule has 21 heavy (non-hydrogen) atoms. The van der Waals surface area contributed by atoms with Gasteiger partial charge in [0, 0.05) is 30.7 Å². The molecule has 0 amide bonds. The Morgan fingerprint density at radius 1 is 1.19 bits per heavy atom. The highest BCUT2D eigenvalue weighted by atomic mass is 15.2. The monoisotopic (exact) mass is 295 g/mol. The molecule has 3 nitrogen and oxygen atoms in total. The molecule has 2 rings (SSSR count). The number of unbranched alkanes of at least 4 members (excludes halogenated alkanes) is 1. The van der Waals surface area contributed by atoms with Crippen LogP contribution in [0, 0.1) is 0 Å². The van der Waals surface area contributed by atoms with E-state index in [1.165, 1.54) is 71.1 Å². The summed E-state index contributed by atoms with van der Waals surface area (Å²) in [4.78, 5) is 5.22. The zero-order chi connectivity index (χ0) is 15.3. The third-order valence-electron chi connectivity index (χ3n) is 5.80. The molecule has 1 saturated carbocycles. The first-order valence-corrected chi connectivity index (χ1v) is 9.22. The van der Waals surface area contributed by atoms with Crippen molar-refractivity contribution in [2.75, 3.05) is 33.2 Å². The van der Waals surface area contributed by atoms with Crippen LogP contribution < -0.4 is 5.32 Å². The average Bonchev–Trinajstić information content (AvgIpc) is 2.48. The van der Waals surface area contributed by atoms with Gasteiger partial charge in [-0.25, -0.2) is 0 Å². The van der Waals surface area contributed by atoms with Gasteiger partial charge >= 0.3 is 0 Å². The van der Waals surface area contributed by atoms with Crippen molar-refractivity contribution in [2.24, 2.45) is 0 Å². The van der Waals surface area contributed by atoms with Crippen molar-refractivity contribution in [1.29, 1.82) is 0 Å². The van der Waals surface area contributed by atoms with Gasteiger partial charge < -0.3 is 10.2 Å². The molecule has 124 valence electrons. The maximum atomic E-state index is 3.89. The van der Waals surface area contributed by atoms with Crippen molar-refractivity contribution < 1.29 is 0 Å². The third kappa shape index (κ3) is 4.94. The van der Waals surface area contributed by atoms with Crippen molar-refractivity contribution in [3.8, 4) is 0 Å². The van der Waals surface area contributed by atoms with Gasteiger partial charge in [0.05, 0.1) is 0 Å². The summed E-state index contributed by atoms with van der Waals surface area (Å²) >= 11 is 0. The Hall–Kier alpha value is -0.120. The Bertz CT molecular complexity index is 297. The van der Waals surface area contributed by atoms with Crippen LogP contribution in [0.4, 0.5) is 0 Å². The average molecular weight is 296 g/mol. The first-order valence-electron chi connectivity index (χ1n) is 9.22. The van der Waals surface area contributed by atoms with Crippen molar-refractivity contribution in [1.82, 2.24) is 15.1 Å². The van der Waals surface area contributed by atoms with Crippen LogP contribution in [-0.4, -0.2) is 60.6 Å². The maximum Gasteiger partial charge on any atom is 0.0309 e. The molecule has 1 heterocycles. The van der Waals surface area contributed by atoms with Crippen LogP contribution in [-0.2, 0) is 0 Å². The molecule has 0 aromatic carbocycles. The van der Waals surface area contributed by atoms with Crippen LogP contribution in [0.15, 0.2) is 0 Å². The lowest BCUT2D eigenvalue weighted by atomic mass is 9.79. The second-order valence-electron chi connectivity index (χ2n) is 7.82. The fourth-order valence-corrected chi connectivity index (χ4v) is 3.89. The van der Waals surface area contributed by atoms with Crippen molar-refractivity contribution >= 4 is 0 Å². The van der Waals surface area contributed by atoms with Gasteiger partial charge in [-0.05, 0) is 66.6 Å². The number of hydrogen-bond acceptors (Lipinski definition) is 3. The van der Waals surface area contributed by atoms with Crippen molar-refractivity contribution in [3.05, 3.63) is 0 Å². The fourth-order valence-electron chi connectivity index (χ4n) is 3.89. The minimum absolute atomic E-state index is 0.458. The molecule has 1 N–H and O–H groups in total. The van der Waals surface area contributed by atoms with Crippen molar-refractivity contribution in [2.45, 2.75) is 83.3 Å². The minimum atomic E-state index is 0.458. The molecule has 0 radical (unpaired) electrons. The molecular weight excluding hydrogens is 258 g/mol. The maximum absolute atomic E-state index is 3.89. The number of piperazine rings is 1. The summed E-state index contributed by atoms with van der Waals surface area (Å²) in [6.45, 7) is 12.0. The highest BCUT2D eigenvalue weighted by Crippen LogP contribution is 2.31. The van der Waals surface area contributed by atoms with E-state index >= 15 is 0 Å². The van der Waals surface area contributed by atoms with Crippen LogP contribution >= 0.6 is 0 Å². The molecule has 1 unspecified atom stereocenters. The summed E-state index contributed by atoms with van der Waals surface area (Å²) in [6.07, 6.45) is 9.76. The fraction of sp³-hybridized carbons (Fsp3) is 1.00. The molecule has 1 atom stereocenters. The Kier molecular flexibility index (Phi) is 6.51. The molecule has 0 bridgehead atoms. The smallest absolute Gasteiger partial charge is 0.0309 e.